The van der Waals surface area contributed by atoms with Crippen LogP contribution < -0.4 is 0 Å². The summed E-state index contributed by atoms with van der Waals surface area (Å²) in [6.45, 7) is 4.78. The van der Waals surface area contributed by atoms with Crippen LogP contribution in [-0.4, -0.2) is 23.4 Å². The number of rotatable bonds is 2. The van der Waals surface area contributed by atoms with E-state index in [2.05, 4.69) is 11.5 Å². The minimum atomic E-state index is 0.378. The Kier molecular flexibility index (Phi) is 2.38. The lowest BCUT2D eigenvalue weighted by atomic mass is 9.86. The van der Waals surface area contributed by atoms with E-state index in [1.54, 1.807) is 0 Å². The van der Waals surface area contributed by atoms with Crippen molar-refractivity contribution in [3.63, 3.8) is 0 Å². The SMILES string of the molecule is C=CC[C@H]1CCC(=O)N2CCC[C@H]12. The topological polar surface area (TPSA) is 20.3 Å². The number of amides is 1. The average molecular weight is 179 g/mol. The fourth-order valence-corrected chi connectivity index (χ4v) is 2.73. The lowest BCUT2D eigenvalue weighted by Crippen LogP contribution is -2.44. The Labute approximate surface area is 79.6 Å². The molecule has 2 aliphatic rings. The van der Waals surface area contributed by atoms with Crippen LogP contribution in [0.2, 0.25) is 0 Å². The number of carbonyl (C=O) groups excluding carboxylic acids is 1. The standard InChI is InChI=1S/C11H17NO/c1-2-4-9-6-7-11(13)12-8-3-5-10(9)12/h2,9-10H,1,3-8H2/t9-,10+/m0/s1. The summed E-state index contributed by atoms with van der Waals surface area (Å²) in [6.07, 6.45) is 7.32. The van der Waals surface area contributed by atoms with Crippen molar-refractivity contribution in [3.8, 4) is 0 Å². The smallest absolute Gasteiger partial charge is 0.222 e. The number of fused-ring (bicyclic) bond motifs is 1. The Bertz CT molecular complexity index is 224. The molecule has 0 saturated carbocycles. The van der Waals surface area contributed by atoms with E-state index in [0.29, 0.717) is 17.9 Å². The first-order valence-electron chi connectivity index (χ1n) is 5.23. The van der Waals surface area contributed by atoms with Crippen LogP contribution in [-0.2, 0) is 4.79 Å². The highest BCUT2D eigenvalue weighted by molar-refractivity contribution is 5.77. The van der Waals surface area contributed by atoms with Crippen molar-refractivity contribution in [1.82, 2.24) is 4.90 Å². The van der Waals surface area contributed by atoms with Gasteiger partial charge < -0.3 is 4.90 Å². The van der Waals surface area contributed by atoms with Gasteiger partial charge in [0.05, 0.1) is 0 Å². The van der Waals surface area contributed by atoms with Gasteiger partial charge in [-0.25, -0.2) is 0 Å². The average Bonchev–Trinajstić information content (AvgIpc) is 2.59. The summed E-state index contributed by atoms with van der Waals surface area (Å²) >= 11 is 0. The van der Waals surface area contributed by atoms with Crippen molar-refractivity contribution in [2.75, 3.05) is 6.54 Å². The van der Waals surface area contributed by atoms with Crippen molar-refractivity contribution in [2.24, 2.45) is 5.92 Å². The van der Waals surface area contributed by atoms with E-state index >= 15 is 0 Å². The molecular formula is C11H17NO. The number of allylic oxidation sites excluding steroid dienone is 1. The molecule has 0 radical (unpaired) electrons. The molecule has 0 aromatic heterocycles. The second-order valence-electron chi connectivity index (χ2n) is 4.12. The van der Waals surface area contributed by atoms with Crippen LogP contribution in [0.4, 0.5) is 0 Å². The molecule has 0 bridgehead atoms. The molecule has 0 spiro atoms. The summed E-state index contributed by atoms with van der Waals surface area (Å²) in [5.74, 6) is 1.07. The maximum absolute atomic E-state index is 11.5. The van der Waals surface area contributed by atoms with E-state index in [1.165, 1.54) is 12.8 Å². The Morgan fingerprint density at radius 2 is 2.38 bits per heavy atom. The first-order valence-corrected chi connectivity index (χ1v) is 5.23. The minimum Gasteiger partial charge on any atom is -0.339 e. The van der Waals surface area contributed by atoms with Crippen molar-refractivity contribution < 1.29 is 4.79 Å². The number of hydrogen-bond donors (Lipinski definition) is 0. The van der Waals surface area contributed by atoms with Gasteiger partial charge in [0.1, 0.15) is 0 Å². The predicted molar refractivity (Wildman–Crippen MR) is 52.3 cm³/mol. The van der Waals surface area contributed by atoms with Crippen LogP contribution in [0.25, 0.3) is 0 Å². The van der Waals surface area contributed by atoms with E-state index in [-0.39, 0.29) is 0 Å². The second-order valence-corrected chi connectivity index (χ2v) is 4.12. The molecule has 0 aliphatic carbocycles. The molecule has 2 nitrogen and oxygen atoms in total. The van der Waals surface area contributed by atoms with Crippen molar-refractivity contribution >= 4 is 5.91 Å². The van der Waals surface area contributed by atoms with E-state index in [4.69, 9.17) is 0 Å². The van der Waals surface area contributed by atoms with Crippen LogP contribution in [0, 0.1) is 5.92 Å². The van der Waals surface area contributed by atoms with Gasteiger partial charge in [0, 0.05) is 19.0 Å². The molecule has 2 saturated heterocycles. The van der Waals surface area contributed by atoms with Crippen LogP contribution >= 0.6 is 0 Å². The van der Waals surface area contributed by atoms with Gasteiger partial charge >= 0.3 is 0 Å². The molecule has 2 heterocycles. The lowest BCUT2D eigenvalue weighted by Gasteiger charge is -2.36. The van der Waals surface area contributed by atoms with Crippen LogP contribution in [0.5, 0.6) is 0 Å². The number of piperidine rings is 1. The molecule has 0 aromatic rings. The zero-order valence-corrected chi connectivity index (χ0v) is 8.04. The molecule has 2 atom stereocenters. The van der Waals surface area contributed by atoms with E-state index in [9.17, 15) is 4.79 Å². The number of carbonyl (C=O) groups is 1. The van der Waals surface area contributed by atoms with Crippen molar-refractivity contribution in [1.29, 1.82) is 0 Å². The predicted octanol–water partition coefficient (Wildman–Crippen LogP) is 1.96. The van der Waals surface area contributed by atoms with Crippen LogP contribution in [0.3, 0.4) is 0 Å². The molecule has 0 aromatic carbocycles. The van der Waals surface area contributed by atoms with Crippen molar-refractivity contribution in [3.05, 3.63) is 12.7 Å². The molecule has 1 amide bonds. The highest BCUT2D eigenvalue weighted by Gasteiger charge is 2.37. The quantitative estimate of drug-likeness (QED) is 0.593. The van der Waals surface area contributed by atoms with E-state index in [0.717, 1.165) is 25.8 Å². The highest BCUT2D eigenvalue weighted by atomic mass is 16.2. The molecular weight excluding hydrogens is 162 g/mol. The first kappa shape index (κ1) is 8.79. The summed E-state index contributed by atoms with van der Waals surface area (Å²) in [7, 11) is 0. The molecule has 2 aliphatic heterocycles. The zero-order chi connectivity index (χ0) is 9.26. The maximum Gasteiger partial charge on any atom is 0.222 e. The molecule has 2 fully saturated rings. The second kappa shape index (κ2) is 3.52. The van der Waals surface area contributed by atoms with Gasteiger partial charge in [-0.05, 0) is 31.6 Å². The Morgan fingerprint density at radius 3 is 3.15 bits per heavy atom. The lowest BCUT2D eigenvalue weighted by molar-refractivity contribution is -0.136. The maximum atomic E-state index is 11.5. The monoisotopic (exact) mass is 179 g/mol. The highest BCUT2D eigenvalue weighted by Crippen LogP contribution is 2.34. The number of hydrogen-bond acceptors (Lipinski definition) is 1. The summed E-state index contributed by atoms with van der Waals surface area (Å²) in [5.41, 5.74) is 0. The van der Waals surface area contributed by atoms with Gasteiger partial charge in [-0.3, -0.25) is 4.79 Å². The van der Waals surface area contributed by atoms with Gasteiger partial charge in [0.15, 0.2) is 0 Å². The molecule has 0 unspecified atom stereocenters. The normalized spacial score (nSPS) is 33.2. The van der Waals surface area contributed by atoms with Gasteiger partial charge in [0.25, 0.3) is 0 Å². The Morgan fingerprint density at radius 1 is 1.54 bits per heavy atom. The van der Waals surface area contributed by atoms with Gasteiger partial charge in [0.2, 0.25) is 5.91 Å². The summed E-state index contributed by atoms with van der Waals surface area (Å²) < 4.78 is 0. The van der Waals surface area contributed by atoms with E-state index < -0.39 is 0 Å². The fourth-order valence-electron chi connectivity index (χ4n) is 2.73. The number of nitrogens with zero attached hydrogens (tertiary/aromatic N) is 1. The fraction of sp³-hybridized carbons (Fsp3) is 0.727. The summed E-state index contributed by atoms with van der Waals surface area (Å²) in [5, 5.41) is 0. The molecule has 2 rings (SSSR count). The third kappa shape index (κ3) is 1.50. The largest absolute Gasteiger partial charge is 0.339 e. The molecule has 13 heavy (non-hydrogen) atoms. The summed E-state index contributed by atoms with van der Waals surface area (Å²) in [4.78, 5) is 13.6. The Hall–Kier alpha value is -0.790. The van der Waals surface area contributed by atoms with Gasteiger partial charge in [-0.2, -0.15) is 0 Å². The zero-order valence-electron chi connectivity index (χ0n) is 8.04. The first-order chi connectivity index (χ1) is 6.33. The molecule has 0 N–H and O–H groups in total. The van der Waals surface area contributed by atoms with Gasteiger partial charge in [-0.1, -0.05) is 6.08 Å². The molecule has 72 valence electrons. The minimum absolute atomic E-state index is 0.378. The molecule has 2 heteroatoms. The van der Waals surface area contributed by atoms with Crippen molar-refractivity contribution in [2.45, 2.75) is 38.1 Å². The van der Waals surface area contributed by atoms with Crippen LogP contribution in [0.1, 0.15) is 32.1 Å². The summed E-state index contributed by atoms with van der Waals surface area (Å²) in [6, 6.07) is 0.541. The van der Waals surface area contributed by atoms with Crippen LogP contribution in [0.15, 0.2) is 12.7 Å². The third-order valence-corrected chi connectivity index (χ3v) is 3.36. The third-order valence-electron chi connectivity index (χ3n) is 3.36. The Balaban J connectivity index is 2.07. The van der Waals surface area contributed by atoms with E-state index in [1.807, 2.05) is 6.08 Å². The van der Waals surface area contributed by atoms with Gasteiger partial charge in [-0.15, -0.1) is 6.58 Å².